The van der Waals surface area contributed by atoms with Crippen molar-refractivity contribution in [2.24, 2.45) is 5.92 Å². The first-order valence-electron chi connectivity index (χ1n) is 6.94. The molecule has 0 bridgehead atoms. The van der Waals surface area contributed by atoms with E-state index in [-0.39, 0.29) is 11.8 Å². The summed E-state index contributed by atoms with van der Waals surface area (Å²) in [5, 5.41) is 6.90. The van der Waals surface area contributed by atoms with Gasteiger partial charge in [0.2, 0.25) is 5.91 Å². The lowest BCUT2D eigenvalue weighted by Crippen LogP contribution is -2.34. The average molecular weight is 278 g/mol. The number of rotatable bonds is 4. The number of hydrogen-bond acceptors (Lipinski definition) is 3. The monoisotopic (exact) mass is 278 g/mol. The number of anilines is 1. The van der Waals surface area contributed by atoms with Crippen LogP contribution in [-0.2, 0) is 4.79 Å². The number of carbonyl (C=O) groups excluding carboxylic acids is 1. The van der Waals surface area contributed by atoms with Crippen LogP contribution in [0.15, 0.2) is 29.2 Å². The molecule has 0 radical (unpaired) electrons. The second kappa shape index (κ2) is 6.96. The molecule has 1 saturated heterocycles. The molecule has 1 aliphatic heterocycles. The van der Waals surface area contributed by atoms with Crippen molar-refractivity contribution in [1.29, 1.82) is 0 Å². The number of thioether (sulfide) groups is 1. The molecular formula is C15H22N2OS. The smallest absolute Gasteiger partial charge is 0.227 e. The average Bonchev–Trinajstić information content (AvgIpc) is 2.41. The Bertz CT molecular complexity index is 428. The highest BCUT2D eigenvalue weighted by Crippen LogP contribution is 2.30. The van der Waals surface area contributed by atoms with E-state index in [2.05, 4.69) is 30.5 Å². The summed E-state index contributed by atoms with van der Waals surface area (Å²) in [7, 11) is 0. The van der Waals surface area contributed by atoms with E-state index in [0.717, 1.165) is 36.5 Å². The molecule has 1 amide bonds. The van der Waals surface area contributed by atoms with Crippen LogP contribution >= 0.6 is 11.8 Å². The Kier molecular flexibility index (Phi) is 5.28. The number of hydrogen-bond donors (Lipinski definition) is 2. The number of para-hydroxylation sites is 1. The highest BCUT2D eigenvalue weighted by molar-refractivity contribution is 8.00. The van der Waals surface area contributed by atoms with Crippen molar-refractivity contribution in [2.75, 3.05) is 18.4 Å². The van der Waals surface area contributed by atoms with Gasteiger partial charge in [-0.25, -0.2) is 0 Å². The standard InChI is InChI=1S/C15H22N2OS/c1-11(2)19-14-6-4-3-5-13(14)17-15(18)12-7-9-16-10-8-12/h3-6,11-12,16H,7-10H2,1-2H3,(H,17,18). The molecule has 1 aliphatic rings. The van der Waals surface area contributed by atoms with Gasteiger partial charge in [-0.3, -0.25) is 4.79 Å². The predicted octanol–water partition coefficient (Wildman–Crippen LogP) is 3.13. The molecule has 2 rings (SSSR count). The maximum atomic E-state index is 12.3. The van der Waals surface area contributed by atoms with Crippen LogP contribution < -0.4 is 10.6 Å². The molecule has 1 heterocycles. The lowest BCUT2D eigenvalue weighted by Gasteiger charge is -2.22. The predicted molar refractivity (Wildman–Crippen MR) is 81.7 cm³/mol. The van der Waals surface area contributed by atoms with Crippen molar-refractivity contribution in [2.45, 2.75) is 36.8 Å². The molecule has 19 heavy (non-hydrogen) atoms. The summed E-state index contributed by atoms with van der Waals surface area (Å²) >= 11 is 1.79. The Hall–Kier alpha value is -1.00. The summed E-state index contributed by atoms with van der Waals surface area (Å²) in [6.45, 7) is 6.22. The summed E-state index contributed by atoms with van der Waals surface area (Å²) in [6.07, 6.45) is 1.87. The molecule has 104 valence electrons. The SMILES string of the molecule is CC(C)Sc1ccccc1NC(=O)C1CCNCC1. The van der Waals surface area contributed by atoms with Gasteiger partial charge in [0.25, 0.3) is 0 Å². The molecule has 1 aromatic rings. The number of nitrogens with one attached hydrogen (secondary N) is 2. The lowest BCUT2D eigenvalue weighted by atomic mass is 9.97. The van der Waals surface area contributed by atoms with Gasteiger partial charge in [0.05, 0.1) is 5.69 Å². The van der Waals surface area contributed by atoms with Crippen LogP contribution in [0, 0.1) is 5.92 Å². The van der Waals surface area contributed by atoms with Gasteiger partial charge in [-0.1, -0.05) is 26.0 Å². The number of piperidine rings is 1. The lowest BCUT2D eigenvalue weighted by molar-refractivity contribution is -0.120. The minimum absolute atomic E-state index is 0.151. The van der Waals surface area contributed by atoms with Crippen molar-refractivity contribution >= 4 is 23.4 Å². The van der Waals surface area contributed by atoms with Crippen LogP contribution in [0.25, 0.3) is 0 Å². The molecule has 1 aromatic carbocycles. The second-order valence-corrected chi connectivity index (χ2v) is 6.79. The third kappa shape index (κ3) is 4.25. The van der Waals surface area contributed by atoms with Gasteiger partial charge < -0.3 is 10.6 Å². The maximum Gasteiger partial charge on any atom is 0.227 e. The minimum atomic E-state index is 0.151. The van der Waals surface area contributed by atoms with E-state index >= 15 is 0 Å². The van der Waals surface area contributed by atoms with Crippen molar-refractivity contribution in [3.05, 3.63) is 24.3 Å². The van der Waals surface area contributed by atoms with Crippen molar-refractivity contribution < 1.29 is 4.79 Å². The Morgan fingerprint density at radius 2 is 2.00 bits per heavy atom. The summed E-state index contributed by atoms with van der Waals surface area (Å²) in [6, 6.07) is 8.06. The summed E-state index contributed by atoms with van der Waals surface area (Å²) in [5.41, 5.74) is 0.949. The van der Waals surface area contributed by atoms with Gasteiger partial charge in [0.15, 0.2) is 0 Å². The number of amides is 1. The zero-order valence-corrected chi connectivity index (χ0v) is 12.4. The van der Waals surface area contributed by atoms with Gasteiger partial charge >= 0.3 is 0 Å². The van der Waals surface area contributed by atoms with E-state index in [4.69, 9.17) is 0 Å². The Morgan fingerprint density at radius 1 is 1.32 bits per heavy atom. The summed E-state index contributed by atoms with van der Waals surface area (Å²) in [4.78, 5) is 13.4. The van der Waals surface area contributed by atoms with E-state index in [1.165, 1.54) is 0 Å². The van der Waals surface area contributed by atoms with Crippen LogP contribution in [0.2, 0.25) is 0 Å². The third-order valence-electron chi connectivity index (χ3n) is 3.22. The molecule has 3 nitrogen and oxygen atoms in total. The molecule has 0 atom stereocenters. The highest BCUT2D eigenvalue weighted by atomic mass is 32.2. The first-order chi connectivity index (χ1) is 9.16. The van der Waals surface area contributed by atoms with Crippen molar-refractivity contribution in [3.63, 3.8) is 0 Å². The molecule has 0 spiro atoms. The van der Waals surface area contributed by atoms with E-state index < -0.39 is 0 Å². The van der Waals surface area contributed by atoms with Gasteiger partial charge in [0, 0.05) is 16.1 Å². The zero-order valence-electron chi connectivity index (χ0n) is 11.6. The van der Waals surface area contributed by atoms with Crippen molar-refractivity contribution in [1.82, 2.24) is 5.32 Å². The maximum absolute atomic E-state index is 12.3. The van der Waals surface area contributed by atoms with E-state index in [0.29, 0.717) is 5.25 Å². The fraction of sp³-hybridized carbons (Fsp3) is 0.533. The van der Waals surface area contributed by atoms with E-state index in [1.54, 1.807) is 11.8 Å². The first-order valence-corrected chi connectivity index (χ1v) is 7.82. The van der Waals surface area contributed by atoms with Crippen LogP contribution in [0.4, 0.5) is 5.69 Å². The van der Waals surface area contributed by atoms with Gasteiger partial charge in [0.1, 0.15) is 0 Å². The third-order valence-corrected chi connectivity index (χ3v) is 4.30. The van der Waals surface area contributed by atoms with E-state index in [1.807, 2.05) is 18.2 Å². The van der Waals surface area contributed by atoms with Gasteiger partial charge in [-0.05, 0) is 38.1 Å². The van der Waals surface area contributed by atoms with Gasteiger partial charge in [-0.15, -0.1) is 11.8 Å². The minimum Gasteiger partial charge on any atom is -0.325 e. The number of benzene rings is 1. The highest BCUT2D eigenvalue weighted by Gasteiger charge is 2.21. The summed E-state index contributed by atoms with van der Waals surface area (Å²) < 4.78 is 0. The van der Waals surface area contributed by atoms with Crippen LogP contribution in [-0.4, -0.2) is 24.2 Å². The largest absolute Gasteiger partial charge is 0.325 e. The molecule has 0 aliphatic carbocycles. The van der Waals surface area contributed by atoms with E-state index in [9.17, 15) is 4.79 Å². The molecule has 4 heteroatoms. The fourth-order valence-corrected chi connectivity index (χ4v) is 3.16. The fourth-order valence-electron chi connectivity index (χ4n) is 2.25. The molecule has 2 N–H and O–H groups in total. The Balaban J connectivity index is 2.03. The second-order valence-electron chi connectivity index (χ2n) is 5.18. The summed E-state index contributed by atoms with van der Waals surface area (Å²) in [5.74, 6) is 0.316. The normalized spacial score (nSPS) is 16.6. The number of carbonyl (C=O) groups is 1. The van der Waals surface area contributed by atoms with Crippen molar-refractivity contribution in [3.8, 4) is 0 Å². The van der Waals surface area contributed by atoms with Crippen LogP contribution in [0.1, 0.15) is 26.7 Å². The molecule has 0 aromatic heterocycles. The Morgan fingerprint density at radius 3 is 2.68 bits per heavy atom. The quantitative estimate of drug-likeness (QED) is 0.831. The molecular weight excluding hydrogens is 256 g/mol. The zero-order chi connectivity index (χ0) is 13.7. The molecule has 1 fully saturated rings. The first kappa shape index (κ1) is 14.4. The molecule has 0 unspecified atom stereocenters. The van der Waals surface area contributed by atoms with Crippen LogP contribution in [0.5, 0.6) is 0 Å². The Labute approximate surface area is 119 Å². The van der Waals surface area contributed by atoms with Crippen LogP contribution in [0.3, 0.4) is 0 Å². The topological polar surface area (TPSA) is 41.1 Å². The van der Waals surface area contributed by atoms with Gasteiger partial charge in [-0.2, -0.15) is 0 Å². The molecule has 0 saturated carbocycles.